The standard InChI is InChI=1S/C21H15Cl2N3O3/c22-15-7-3-13(4-8-15)19-17(12-24)21(29)26(11-1-2-18(27)28)25-20(19)14-5-9-16(23)10-6-14/h3-10H,1-2,11H2,(H,27,28). The van der Waals surface area contributed by atoms with Crippen molar-refractivity contribution in [2.24, 2.45) is 0 Å². The van der Waals surface area contributed by atoms with Gasteiger partial charge in [0.1, 0.15) is 17.3 Å². The smallest absolute Gasteiger partial charge is 0.303 e. The zero-order valence-corrected chi connectivity index (χ0v) is 16.6. The lowest BCUT2D eigenvalue weighted by molar-refractivity contribution is -0.137. The summed E-state index contributed by atoms with van der Waals surface area (Å²) in [5.74, 6) is -0.964. The number of nitriles is 1. The number of halogens is 2. The topological polar surface area (TPSA) is 96.0 Å². The Morgan fingerprint density at radius 1 is 1.03 bits per heavy atom. The predicted octanol–water partition coefficient (Wildman–Crippen LogP) is 4.62. The van der Waals surface area contributed by atoms with Crippen LogP contribution in [0.25, 0.3) is 22.4 Å². The molecule has 3 aromatic rings. The van der Waals surface area contributed by atoms with Gasteiger partial charge in [0.15, 0.2) is 0 Å². The summed E-state index contributed by atoms with van der Waals surface area (Å²) in [6, 6.07) is 15.6. The van der Waals surface area contributed by atoms with Crippen LogP contribution < -0.4 is 5.56 Å². The Balaban J connectivity index is 2.24. The molecule has 0 amide bonds. The molecule has 0 saturated carbocycles. The average Bonchev–Trinajstić information content (AvgIpc) is 2.70. The fourth-order valence-corrected chi connectivity index (χ4v) is 3.17. The molecule has 0 aliphatic heterocycles. The molecule has 0 aliphatic carbocycles. The molecule has 2 aromatic carbocycles. The summed E-state index contributed by atoms with van der Waals surface area (Å²) >= 11 is 12.0. The minimum Gasteiger partial charge on any atom is -0.481 e. The second-order valence-corrected chi connectivity index (χ2v) is 7.12. The third kappa shape index (κ3) is 4.65. The Labute approximate surface area is 176 Å². The van der Waals surface area contributed by atoms with Gasteiger partial charge in [0, 0.05) is 34.1 Å². The van der Waals surface area contributed by atoms with E-state index >= 15 is 0 Å². The highest BCUT2D eigenvalue weighted by Gasteiger charge is 2.20. The molecule has 1 aromatic heterocycles. The van der Waals surface area contributed by atoms with Gasteiger partial charge in [0.25, 0.3) is 5.56 Å². The molecule has 0 radical (unpaired) electrons. The van der Waals surface area contributed by atoms with Gasteiger partial charge in [0.2, 0.25) is 0 Å². The van der Waals surface area contributed by atoms with Crippen molar-refractivity contribution in [2.75, 3.05) is 0 Å². The molecule has 6 nitrogen and oxygen atoms in total. The summed E-state index contributed by atoms with van der Waals surface area (Å²) in [6.07, 6.45) is 0.110. The van der Waals surface area contributed by atoms with Gasteiger partial charge in [-0.15, -0.1) is 0 Å². The lowest BCUT2D eigenvalue weighted by Crippen LogP contribution is -2.27. The monoisotopic (exact) mass is 427 g/mol. The zero-order valence-electron chi connectivity index (χ0n) is 15.1. The molecule has 3 rings (SSSR count). The van der Waals surface area contributed by atoms with Gasteiger partial charge < -0.3 is 5.11 Å². The summed E-state index contributed by atoms with van der Waals surface area (Å²) < 4.78 is 1.14. The second-order valence-electron chi connectivity index (χ2n) is 6.25. The van der Waals surface area contributed by atoms with E-state index in [1.807, 2.05) is 6.07 Å². The molecule has 0 atom stereocenters. The molecule has 0 unspecified atom stereocenters. The number of aliphatic carboxylic acids is 1. The number of benzene rings is 2. The number of hydrogen-bond acceptors (Lipinski definition) is 4. The minimum atomic E-state index is -0.964. The van der Waals surface area contributed by atoms with E-state index in [2.05, 4.69) is 5.10 Å². The number of nitrogens with zero attached hydrogens (tertiary/aromatic N) is 3. The van der Waals surface area contributed by atoms with E-state index in [4.69, 9.17) is 28.3 Å². The van der Waals surface area contributed by atoms with Gasteiger partial charge in [-0.2, -0.15) is 10.4 Å². The highest BCUT2D eigenvalue weighted by molar-refractivity contribution is 6.31. The van der Waals surface area contributed by atoms with Gasteiger partial charge >= 0.3 is 5.97 Å². The van der Waals surface area contributed by atoms with Crippen molar-refractivity contribution in [3.05, 3.63) is 74.5 Å². The fourth-order valence-electron chi connectivity index (χ4n) is 2.91. The maximum absolute atomic E-state index is 12.9. The molecule has 0 aliphatic rings. The van der Waals surface area contributed by atoms with Crippen molar-refractivity contribution in [1.82, 2.24) is 9.78 Å². The molecule has 1 heterocycles. The van der Waals surface area contributed by atoms with Crippen LogP contribution in [0.15, 0.2) is 53.3 Å². The largest absolute Gasteiger partial charge is 0.481 e. The minimum absolute atomic E-state index is 0.0670. The first kappa shape index (κ1) is 20.6. The van der Waals surface area contributed by atoms with Crippen LogP contribution in [-0.2, 0) is 11.3 Å². The van der Waals surface area contributed by atoms with Crippen LogP contribution in [-0.4, -0.2) is 20.9 Å². The van der Waals surface area contributed by atoms with Crippen LogP contribution in [0, 0.1) is 11.3 Å². The van der Waals surface area contributed by atoms with Crippen molar-refractivity contribution in [3.63, 3.8) is 0 Å². The van der Waals surface area contributed by atoms with Crippen LogP contribution in [0.4, 0.5) is 0 Å². The van der Waals surface area contributed by atoms with Gasteiger partial charge in [-0.25, -0.2) is 4.68 Å². The summed E-state index contributed by atoms with van der Waals surface area (Å²) in [7, 11) is 0. The summed E-state index contributed by atoms with van der Waals surface area (Å²) in [4.78, 5) is 23.7. The molecule has 0 fully saturated rings. The maximum atomic E-state index is 12.9. The van der Waals surface area contributed by atoms with Crippen molar-refractivity contribution in [1.29, 1.82) is 5.26 Å². The normalized spacial score (nSPS) is 10.5. The molecule has 0 spiro atoms. The van der Waals surface area contributed by atoms with E-state index in [1.54, 1.807) is 48.5 Å². The van der Waals surface area contributed by atoms with E-state index in [1.165, 1.54) is 0 Å². The number of carboxylic acids is 1. The summed E-state index contributed by atoms with van der Waals surface area (Å²) in [5, 5.41) is 24.1. The highest BCUT2D eigenvalue weighted by Crippen LogP contribution is 2.33. The van der Waals surface area contributed by atoms with Crippen molar-refractivity contribution in [3.8, 4) is 28.5 Å². The lowest BCUT2D eigenvalue weighted by Gasteiger charge is -2.14. The molecule has 1 N–H and O–H groups in total. The summed E-state index contributed by atoms with van der Waals surface area (Å²) in [5.41, 5.74) is 1.48. The first-order chi connectivity index (χ1) is 13.9. The SMILES string of the molecule is N#Cc1c(-c2ccc(Cl)cc2)c(-c2ccc(Cl)cc2)nn(CCCC(=O)O)c1=O. The van der Waals surface area contributed by atoms with Crippen LogP contribution in [0.1, 0.15) is 18.4 Å². The molecule has 0 saturated heterocycles. The molecule has 0 bridgehead atoms. The Kier molecular flexibility index (Phi) is 6.32. The number of carbonyl (C=O) groups is 1. The fraction of sp³-hybridized carbons (Fsp3) is 0.143. The molecule has 29 heavy (non-hydrogen) atoms. The van der Waals surface area contributed by atoms with Crippen LogP contribution in [0.5, 0.6) is 0 Å². The zero-order chi connectivity index (χ0) is 21.0. The first-order valence-electron chi connectivity index (χ1n) is 8.69. The third-order valence-electron chi connectivity index (χ3n) is 4.28. The van der Waals surface area contributed by atoms with Gasteiger partial charge in [-0.1, -0.05) is 47.5 Å². The molecule has 146 valence electrons. The van der Waals surface area contributed by atoms with Crippen LogP contribution in [0.3, 0.4) is 0 Å². The Morgan fingerprint density at radius 2 is 1.59 bits per heavy atom. The molecular weight excluding hydrogens is 413 g/mol. The quantitative estimate of drug-likeness (QED) is 0.618. The molecular formula is C21H15Cl2N3O3. The van der Waals surface area contributed by atoms with Gasteiger partial charge in [0.05, 0.1) is 0 Å². The number of hydrogen-bond donors (Lipinski definition) is 1. The first-order valence-corrected chi connectivity index (χ1v) is 9.45. The van der Waals surface area contributed by atoms with Gasteiger partial charge in [-0.05, 0) is 36.2 Å². The van der Waals surface area contributed by atoms with Crippen LogP contribution >= 0.6 is 23.2 Å². The van der Waals surface area contributed by atoms with Crippen molar-refractivity contribution < 1.29 is 9.90 Å². The lowest BCUT2D eigenvalue weighted by atomic mass is 9.96. The van der Waals surface area contributed by atoms with E-state index < -0.39 is 11.5 Å². The predicted molar refractivity (Wildman–Crippen MR) is 111 cm³/mol. The summed E-state index contributed by atoms with van der Waals surface area (Å²) in [6.45, 7) is 0.0846. The van der Waals surface area contributed by atoms with E-state index in [-0.39, 0.29) is 24.9 Å². The number of rotatable bonds is 6. The third-order valence-corrected chi connectivity index (χ3v) is 4.78. The van der Waals surface area contributed by atoms with Crippen molar-refractivity contribution in [2.45, 2.75) is 19.4 Å². The van der Waals surface area contributed by atoms with E-state index in [9.17, 15) is 14.9 Å². The van der Waals surface area contributed by atoms with E-state index in [0.717, 1.165) is 4.68 Å². The van der Waals surface area contributed by atoms with E-state index in [0.29, 0.717) is 32.4 Å². The number of aryl methyl sites for hydroxylation is 1. The molecule has 8 heteroatoms. The van der Waals surface area contributed by atoms with Gasteiger partial charge in [-0.3, -0.25) is 9.59 Å². The average molecular weight is 428 g/mol. The second kappa shape index (κ2) is 8.91. The highest BCUT2D eigenvalue weighted by atomic mass is 35.5. The Bertz CT molecular complexity index is 1150. The van der Waals surface area contributed by atoms with Crippen LogP contribution in [0.2, 0.25) is 10.0 Å². The Hall–Kier alpha value is -3.14. The van der Waals surface area contributed by atoms with Crippen molar-refractivity contribution >= 4 is 29.2 Å². The number of aromatic nitrogens is 2. The number of carboxylic acid groups (broad SMARTS) is 1. The Morgan fingerprint density at radius 3 is 2.10 bits per heavy atom. The maximum Gasteiger partial charge on any atom is 0.303 e.